The number of aromatic nitrogens is 3. The van der Waals surface area contributed by atoms with Crippen LogP contribution in [0.3, 0.4) is 0 Å². The first kappa shape index (κ1) is 18.6. The van der Waals surface area contributed by atoms with Gasteiger partial charge < -0.3 is 4.90 Å². The Morgan fingerprint density at radius 1 is 0.893 bits per heavy atom. The van der Waals surface area contributed by atoms with Crippen molar-refractivity contribution in [3.8, 4) is 11.5 Å². The topological polar surface area (TPSA) is 45.2 Å². The van der Waals surface area contributed by atoms with Crippen molar-refractivity contribution in [1.82, 2.24) is 19.9 Å². The SMILES string of the molecule is CCc1cc(N2CCN(CCc3ccccc3)CC2)nc(-c2ccccn2)n1. The zero-order chi connectivity index (χ0) is 19.2. The van der Waals surface area contributed by atoms with E-state index in [2.05, 4.69) is 63.1 Å². The van der Waals surface area contributed by atoms with E-state index in [0.717, 1.165) is 68.6 Å². The fraction of sp³-hybridized carbons (Fsp3) is 0.348. The smallest absolute Gasteiger partial charge is 0.180 e. The van der Waals surface area contributed by atoms with E-state index in [1.54, 1.807) is 6.20 Å². The van der Waals surface area contributed by atoms with Crippen molar-refractivity contribution in [2.45, 2.75) is 19.8 Å². The van der Waals surface area contributed by atoms with Gasteiger partial charge in [0.15, 0.2) is 5.82 Å². The highest BCUT2D eigenvalue weighted by Crippen LogP contribution is 2.20. The van der Waals surface area contributed by atoms with E-state index in [1.807, 2.05) is 18.2 Å². The Morgan fingerprint density at radius 2 is 1.68 bits per heavy atom. The van der Waals surface area contributed by atoms with Gasteiger partial charge in [-0.2, -0.15) is 0 Å². The number of hydrogen-bond donors (Lipinski definition) is 0. The molecule has 0 saturated carbocycles. The molecule has 0 spiro atoms. The normalized spacial score (nSPS) is 15.0. The fourth-order valence-electron chi connectivity index (χ4n) is 3.57. The molecule has 5 nitrogen and oxygen atoms in total. The van der Waals surface area contributed by atoms with Gasteiger partial charge in [0.1, 0.15) is 11.5 Å². The molecule has 0 N–H and O–H groups in total. The molecule has 1 aliphatic heterocycles. The first-order valence-corrected chi connectivity index (χ1v) is 10.1. The van der Waals surface area contributed by atoms with Gasteiger partial charge in [-0.1, -0.05) is 43.3 Å². The molecule has 1 aliphatic rings. The third-order valence-electron chi connectivity index (χ3n) is 5.28. The Morgan fingerprint density at radius 3 is 2.39 bits per heavy atom. The molecular formula is C23H27N5. The van der Waals surface area contributed by atoms with E-state index in [4.69, 9.17) is 4.98 Å². The Kier molecular flexibility index (Phi) is 5.92. The van der Waals surface area contributed by atoms with Gasteiger partial charge in [-0.05, 0) is 30.5 Å². The molecule has 0 atom stereocenters. The largest absolute Gasteiger partial charge is 0.354 e. The summed E-state index contributed by atoms with van der Waals surface area (Å²) in [5.74, 6) is 1.75. The predicted octanol–water partition coefficient (Wildman–Crippen LogP) is 3.47. The maximum atomic E-state index is 4.83. The predicted molar refractivity (Wildman–Crippen MR) is 113 cm³/mol. The van der Waals surface area contributed by atoms with E-state index in [9.17, 15) is 0 Å². The van der Waals surface area contributed by atoms with Gasteiger partial charge >= 0.3 is 0 Å². The number of benzene rings is 1. The molecule has 4 rings (SSSR count). The Bertz CT molecular complexity index is 874. The molecule has 3 heterocycles. The Hall–Kier alpha value is -2.79. The summed E-state index contributed by atoms with van der Waals surface area (Å²) in [5.41, 5.74) is 3.31. The van der Waals surface area contributed by atoms with Crippen molar-refractivity contribution in [3.05, 3.63) is 72.1 Å². The van der Waals surface area contributed by atoms with Crippen LogP contribution in [-0.2, 0) is 12.8 Å². The van der Waals surface area contributed by atoms with Crippen LogP contribution in [0.2, 0.25) is 0 Å². The lowest BCUT2D eigenvalue weighted by Crippen LogP contribution is -2.47. The second-order valence-corrected chi connectivity index (χ2v) is 7.17. The summed E-state index contributed by atoms with van der Waals surface area (Å²) >= 11 is 0. The average molecular weight is 374 g/mol. The highest BCUT2D eigenvalue weighted by Gasteiger charge is 2.19. The lowest BCUT2D eigenvalue weighted by atomic mass is 10.1. The summed E-state index contributed by atoms with van der Waals surface area (Å²) in [7, 11) is 0. The van der Waals surface area contributed by atoms with Crippen LogP contribution >= 0.6 is 0 Å². The minimum absolute atomic E-state index is 0.724. The van der Waals surface area contributed by atoms with Crippen molar-refractivity contribution in [3.63, 3.8) is 0 Å². The molecule has 144 valence electrons. The number of piperazine rings is 1. The van der Waals surface area contributed by atoms with Gasteiger partial charge in [-0.25, -0.2) is 9.97 Å². The van der Waals surface area contributed by atoms with Crippen molar-refractivity contribution < 1.29 is 0 Å². The molecule has 5 heteroatoms. The summed E-state index contributed by atoms with van der Waals surface area (Å²) in [5, 5.41) is 0. The molecule has 0 amide bonds. The van der Waals surface area contributed by atoms with Crippen LogP contribution in [0.25, 0.3) is 11.5 Å². The third kappa shape index (κ3) is 4.54. The summed E-state index contributed by atoms with van der Waals surface area (Å²) in [6.07, 6.45) is 3.80. The van der Waals surface area contributed by atoms with Gasteiger partial charge in [0.05, 0.1) is 0 Å². The van der Waals surface area contributed by atoms with Gasteiger partial charge in [0.25, 0.3) is 0 Å². The third-order valence-corrected chi connectivity index (χ3v) is 5.28. The van der Waals surface area contributed by atoms with Crippen molar-refractivity contribution >= 4 is 5.82 Å². The van der Waals surface area contributed by atoms with Crippen LogP contribution in [0.1, 0.15) is 18.2 Å². The minimum atomic E-state index is 0.724. The summed E-state index contributed by atoms with van der Waals surface area (Å²) in [6, 6.07) is 18.7. The second kappa shape index (κ2) is 8.93. The number of aryl methyl sites for hydroxylation is 1. The molecule has 2 aromatic heterocycles. The zero-order valence-corrected chi connectivity index (χ0v) is 16.5. The highest BCUT2D eigenvalue weighted by atomic mass is 15.3. The van der Waals surface area contributed by atoms with Gasteiger partial charge in [-0.15, -0.1) is 0 Å². The van der Waals surface area contributed by atoms with Crippen LogP contribution in [-0.4, -0.2) is 52.6 Å². The van der Waals surface area contributed by atoms with Gasteiger partial charge in [0.2, 0.25) is 0 Å². The van der Waals surface area contributed by atoms with Gasteiger partial charge in [-0.3, -0.25) is 9.88 Å². The number of hydrogen-bond acceptors (Lipinski definition) is 5. The molecular weight excluding hydrogens is 346 g/mol. The minimum Gasteiger partial charge on any atom is -0.354 e. The maximum Gasteiger partial charge on any atom is 0.180 e. The molecule has 1 fully saturated rings. The van der Waals surface area contributed by atoms with Crippen LogP contribution in [0.4, 0.5) is 5.82 Å². The Balaban J connectivity index is 1.41. The highest BCUT2D eigenvalue weighted by molar-refractivity contribution is 5.54. The second-order valence-electron chi connectivity index (χ2n) is 7.17. The van der Waals surface area contributed by atoms with Crippen molar-refractivity contribution in [2.24, 2.45) is 0 Å². The molecule has 0 bridgehead atoms. The quantitative estimate of drug-likeness (QED) is 0.662. The van der Waals surface area contributed by atoms with E-state index in [1.165, 1.54) is 5.56 Å². The number of pyridine rings is 1. The lowest BCUT2D eigenvalue weighted by Gasteiger charge is -2.35. The van der Waals surface area contributed by atoms with Gasteiger partial charge in [0, 0.05) is 50.7 Å². The first-order valence-electron chi connectivity index (χ1n) is 10.1. The molecule has 28 heavy (non-hydrogen) atoms. The summed E-state index contributed by atoms with van der Waals surface area (Å²) in [4.78, 5) is 18.9. The monoisotopic (exact) mass is 373 g/mol. The van der Waals surface area contributed by atoms with Crippen LogP contribution in [0.5, 0.6) is 0 Å². The molecule has 0 aliphatic carbocycles. The van der Waals surface area contributed by atoms with Crippen LogP contribution < -0.4 is 4.90 Å². The lowest BCUT2D eigenvalue weighted by molar-refractivity contribution is 0.260. The van der Waals surface area contributed by atoms with E-state index in [-0.39, 0.29) is 0 Å². The molecule has 0 radical (unpaired) electrons. The zero-order valence-electron chi connectivity index (χ0n) is 16.5. The fourth-order valence-corrected chi connectivity index (χ4v) is 3.57. The summed E-state index contributed by atoms with van der Waals surface area (Å²) in [6.45, 7) is 7.37. The number of anilines is 1. The van der Waals surface area contributed by atoms with E-state index >= 15 is 0 Å². The van der Waals surface area contributed by atoms with Crippen LogP contribution in [0.15, 0.2) is 60.8 Å². The number of rotatable bonds is 6. The number of nitrogens with zero attached hydrogens (tertiary/aromatic N) is 5. The molecule has 1 saturated heterocycles. The van der Waals surface area contributed by atoms with E-state index < -0.39 is 0 Å². The maximum absolute atomic E-state index is 4.83. The standard InChI is InChI=1S/C23H27N5/c1-2-20-18-22(26-23(25-20)21-10-6-7-12-24-21)28-16-14-27(15-17-28)13-11-19-8-4-3-5-9-19/h3-10,12,18H,2,11,13-17H2,1H3. The Labute approximate surface area is 167 Å². The molecule has 0 unspecified atom stereocenters. The van der Waals surface area contributed by atoms with E-state index in [0.29, 0.717) is 0 Å². The molecule has 3 aromatic rings. The van der Waals surface area contributed by atoms with Crippen molar-refractivity contribution in [1.29, 1.82) is 0 Å². The summed E-state index contributed by atoms with van der Waals surface area (Å²) < 4.78 is 0. The van der Waals surface area contributed by atoms with Crippen LogP contribution in [0, 0.1) is 0 Å². The van der Waals surface area contributed by atoms with Crippen molar-refractivity contribution in [2.75, 3.05) is 37.6 Å². The average Bonchev–Trinajstić information content (AvgIpc) is 2.79. The molecule has 1 aromatic carbocycles. The first-order chi connectivity index (χ1) is 13.8.